The van der Waals surface area contributed by atoms with Gasteiger partial charge in [-0.2, -0.15) is 0 Å². The Morgan fingerprint density at radius 3 is 2.71 bits per heavy atom. The van der Waals surface area contributed by atoms with Crippen LogP contribution in [0, 0.1) is 0 Å². The van der Waals surface area contributed by atoms with Crippen LogP contribution in [0.4, 0.5) is 10.7 Å². The number of carbonyl (C=O) groups is 1. The Morgan fingerprint density at radius 1 is 1.38 bits per heavy atom. The molecule has 0 radical (unpaired) electrons. The van der Waals surface area contributed by atoms with Crippen molar-refractivity contribution < 1.29 is 9.53 Å². The molecule has 1 saturated heterocycles. The topological polar surface area (TPSA) is 84.3 Å². The fourth-order valence-corrected chi connectivity index (χ4v) is 1.94. The molecule has 2 rings (SSSR count). The molecule has 0 aromatic carbocycles. The van der Waals surface area contributed by atoms with E-state index in [4.69, 9.17) is 4.74 Å². The molecule has 8 heteroatoms. The third kappa shape index (κ3) is 4.98. The summed E-state index contributed by atoms with van der Waals surface area (Å²) in [6, 6.07) is -0.282. The van der Waals surface area contributed by atoms with Gasteiger partial charge < -0.3 is 10.1 Å². The molecule has 0 atom stereocenters. The second kappa shape index (κ2) is 6.86. The molecular formula is C13H24N6O2. The van der Waals surface area contributed by atoms with E-state index >= 15 is 0 Å². The van der Waals surface area contributed by atoms with E-state index in [1.165, 1.54) is 0 Å². The number of ether oxygens (including phenoxy) is 1. The minimum Gasteiger partial charge on any atom is -0.379 e. The smallest absolute Gasteiger partial charge is 0.321 e. The quantitative estimate of drug-likeness (QED) is 0.844. The highest BCUT2D eigenvalue weighted by atomic mass is 16.5. The summed E-state index contributed by atoms with van der Waals surface area (Å²) in [6.07, 6.45) is 1.61. The van der Waals surface area contributed by atoms with Crippen LogP contribution in [0.15, 0.2) is 6.33 Å². The van der Waals surface area contributed by atoms with Crippen molar-refractivity contribution >= 4 is 12.0 Å². The Morgan fingerprint density at radius 2 is 2.10 bits per heavy atom. The van der Waals surface area contributed by atoms with Crippen LogP contribution < -0.4 is 10.6 Å². The summed E-state index contributed by atoms with van der Waals surface area (Å²) in [7, 11) is 0. The zero-order valence-electron chi connectivity index (χ0n) is 12.9. The molecule has 0 unspecified atom stereocenters. The molecule has 2 amide bonds. The Balaban J connectivity index is 1.70. The lowest BCUT2D eigenvalue weighted by Crippen LogP contribution is -2.42. The Labute approximate surface area is 124 Å². The number of morpholine rings is 1. The van der Waals surface area contributed by atoms with Crippen LogP contribution >= 0.6 is 0 Å². The number of urea groups is 1. The fraction of sp³-hybridized carbons (Fsp3) is 0.769. The highest BCUT2D eigenvalue weighted by molar-refractivity contribution is 5.87. The molecule has 1 aromatic rings. The van der Waals surface area contributed by atoms with Gasteiger partial charge in [0, 0.05) is 26.2 Å². The SMILES string of the molecule is CC(C)(C)n1cnc(NC(=O)NCCN2CCOCC2)n1. The van der Waals surface area contributed by atoms with Gasteiger partial charge in [-0.05, 0) is 20.8 Å². The fourth-order valence-electron chi connectivity index (χ4n) is 1.94. The highest BCUT2D eigenvalue weighted by Crippen LogP contribution is 2.12. The van der Waals surface area contributed by atoms with Gasteiger partial charge in [0.1, 0.15) is 6.33 Å². The highest BCUT2D eigenvalue weighted by Gasteiger charge is 2.16. The number of rotatable bonds is 4. The van der Waals surface area contributed by atoms with Crippen molar-refractivity contribution in [1.29, 1.82) is 0 Å². The van der Waals surface area contributed by atoms with Gasteiger partial charge in [-0.1, -0.05) is 0 Å². The van der Waals surface area contributed by atoms with E-state index in [0.717, 1.165) is 32.8 Å². The molecule has 8 nitrogen and oxygen atoms in total. The van der Waals surface area contributed by atoms with E-state index in [1.54, 1.807) is 11.0 Å². The van der Waals surface area contributed by atoms with Crippen molar-refractivity contribution in [3.05, 3.63) is 6.33 Å². The third-order valence-electron chi connectivity index (χ3n) is 3.22. The number of hydrogen-bond donors (Lipinski definition) is 2. The summed E-state index contributed by atoms with van der Waals surface area (Å²) in [4.78, 5) is 18.1. The van der Waals surface area contributed by atoms with Gasteiger partial charge in [0.2, 0.25) is 5.95 Å². The molecule has 21 heavy (non-hydrogen) atoms. The van der Waals surface area contributed by atoms with Gasteiger partial charge in [0.15, 0.2) is 0 Å². The number of aromatic nitrogens is 3. The molecule has 1 aliphatic heterocycles. The van der Waals surface area contributed by atoms with Crippen molar-refractivity contribution in [2.75, 3.05) is 44.7 Å². The van der Waals surface area contributed by atoms with Crippen molar-refractivity contribution in [2.45, 2.75) is 26.3 Å². The number of nitrogens with zero attached hydrogens (tertiary/aromatic N) is 4. The van der Waals surface area contributed by atoms with E-state index in [1.807, 2.05) is 20.8 Å². The van der Waals surface area contributed by atoms with Crippen molar-refractivity contribution in [2.24, 2.45) is 0 Å². The zero-order chi connectivity index (χ0) is 15.3. The lowest BCUT2D eigenvalue weighted by Gasteiger charge is -2.26. The van der Waals surface area contributed by atoms with E-state index in [0.29, 0.717) is 12.5 Å². The summed E-state index contributed by atoms with van der Waals surface area (Å²) < 4.78 is 6.99. The average Bonchev–Trinajstić information content (AvgIpc) is 2.88. The molecule has 118 valence electrons. The molecule has 0 aliphatic carbocycles. The third-order valence-corrected chi connectivity index (χ3v) is 3.22. The molecule has 2 heterocycles. The number of carbonyl (C=O) groups excluding carboxylic acids is 1. The minimum atomic E-state index is -0.282. The molecule has 1 fully saturated rings. The molecular weight excluding hydrogens is 272 g/mol. The lowest BCUT2D eigenvalue weighted by molar-refractivity contribution is 0.0388. The Bertz CT molecular complexity index is 461. The van der Waals surface area contributed by atoms with Crippen molar-refractivity contribution in [3.8, 4) is 0 Å². The molecule has 1 aliphatic rings. The van der Waals surface area contributed by atoms with Crippen LogP contribution in [-0.2, 0) is 10.3 Å². The van der Waals surface area contributed by atoms with E-state index in [-0.39, 0.29) is 11.6 Å². The van der Waals surface area contributed by atoms with Crippen LogP contribution in [0.1, 0.15) is 20.8 Å². The first-order valence-corrected chi connectivity index (χ1v) is 7.22. The van der Waals surface area contributed by atoms with Crippen LogP contribution in [0.3, 0.4) is 0 Å². The second-order valence-corrected chi connectivity index (χ2v) is 6.02. The predicted molar refractivity (Wildman–Crippen MR) is 79.3 cm³/mol. The summed E-state index contributed by atoms with van der Waals surface area (Å²) in [5, 5.41) is 9.67. The molecule has 1 aromatic heterocycles. The first kappa shape index (κ1) is 15.7. The van der Waals surface area contributed by atoms with Crippen LogP contribution in [0.25, 0.3) is 0 Å². The monoisotopic (exact) mass is 296 g/mol. The van der Waals surface area contributed by atoms with Crippen molar-refractivity contribution in [3.63, 3.8) is 0 Å². The summed E-state index contributed by atoms with van der Waals surface area (Å²) in [6.45, 7) is 10.8. The number of nitrogens with one attached hydrogen (secondary N) is 2. The summed E-state index contributed by atoms with van der Waals surface area (Å²) in [5.74, 6) is 0.314. The second-order valence-electron chi connectivity index (χ2n) is 6.02. The summed E-state index contributed by atoms with van der Waals surface area (Å²) >= 11 is 0. The summed E-state index contributed by atoms with van der Waals surface area (Å²) in [5.41, 5.74) is -0.153. The van der Waals surface area contributed by atoms with Crippen LogP contribution in [0.5, 0.6) is 0 Å². The number of anilines is 1. The lowest BCUT2D eigenvalue weighted by atomic mass is 10.1. The van der Waals surface area contributed by atoms with E-state index in [9.17, 15) is 4.79 Å². The van der Waals surface area contributed by atoms with Gasteiger partial charge in [-0.15, -0.1) is 5.10 Å². The van der Waals surface area contributed by atoms with Gasteiger partial charge >= 0.3 is 6.03 Å². The minimum absolute atomic E-state index is 0.153. The van der Waals surface area contributed by atoms with E-state index in [2.05, 4.69) is 25.6 Å². The molecule has 0 bridgehead atoms. The molecule has 0 saturated carbocycles. The molecule has 0 spiro atoms. The van der Waals surface area contributed by atoms with Crippen LogP contribution in [0.2, 0.25) is 0 Å². The largest absolute Gasteiger partial charge is 0.379 e. The Hall–Kier alpha value is -1.67. The maximum Gasteiger partial charge on any atom is 0.321 e. The normalized spacial score (nSPS) is 16.7. The Kier molecular flexibility index (Phi) is 5.13. The first-order valence-electron chi connectivity index (χ1n) is 7.22. The maximum absolute atomic E-state index is 11.8. The zero-order valence-corrected chi connectivity index (χ0v) is 12.9. The number of amides is 2. The van der Waals surface area contributed by atoms with Gasteiger partial charge in [-0.3, -0.25) is 10.2 Å². The average molecular weight is 296 g/mol. The van der Waals surface area contributed by atoms with Gasteiger partial charge in [0.05, 0.1) is 18.8 Å². The number of hydrogen-bond acceptors (Lipinski definition) is 5. The molecule has 2 N–H and O–H groups in total. The van der Waals surface area contributed by atoms with Crippen molar-refractivity contribution in [1.82, 2.24) is 25.0 Å². The standard InChI is InChI=1S/C13H24N6O2/c1-13(2,3)19-10-15-11(17-19)16-12(20)14-4-5-18-6-8-21-9-7-18/h10H,4-9H2,1-3H3,(H2,14,16,17,20). The maximum atomic E-state index is 11.8. The van der Waals surface area contributed by atoms with Gasteiger partial charge in [-0.25, -0.2) is 14.5 Å². The predicted octanol–water partition coefficient (Wildman–Crippen LogP) is 0.487. The first-order chi connectivity index (χ1) is 9.95. The van der Waals surface area contributed by atoms with Gasteiger partial charge in [0.25, 0.3) is 0 Å². The van der Waals surface area contributed by atoms with Crippen LogP contribution in [-0.4, -0.2) is 65.1 Å². The van der Waals surface area contributed by atoms with E-state index < -0.39 is 0 Å².